The Morgan fingerprint density at radius 1 is 0.964 bits per heavy atom. The molecule has 0 fully saturated rings. The molecule has 0 saturated carbocycles. The molecular weight excluding hydrogens is 360 g/mol. The van der Waals surface area contributed by atoms with Gasteiger partial charge in [-0.25, -0.2) is 9.59 Å². The predicted molar refractivity (Wildman–Crippen MR) is 103 cm³/mol. The van der Waals surface area contributed by atoms with Gasteiger partial charge in [0.15, 0.2) is 5.78 Å². The minimum absolute atomic E-state index is 0.0168. The summed E-state index contributed by atoms with van der Waals surface area (Å²) < 4.78 is 10.5. The fourth-order valence-corrected chi connectivity index (χ4v) is 2.43. The highest BCUT2D eigenvalue weighted by atomic mass is 16.7. The summed E-state index contributed by atoms with van der Waals surface area (Å²) >= 11 is 0. The average molecular weight is 382 g/mol. The van der Waals surface area contributed by atoms with E-state index in [9.17, 15) is 14.4 Å². The molecule has 0 bridgehead atoms. The SMILES string of the molecule is CCCC(OC(=O)/C(C)=C/O)OC(=O)c1ccccc1C(=O)c1ccccc1. The van der Waals surface area contributed by atoms with Crippen molar-refractivity contribution in [1.82, 2.24) is 0 Å². The Morgan fingerprint density at radius 2 is 1.57 bits per heavy atom. The minimum Gasteiger partial charge on any atom is -0.515 e. The molecule has 146 valence electrons. The Hall–Kier alpha value is -3.41. The molecule has 0 heterocycles. The third-order valence-electron chi connectivity index (χ3n) is 3.94. The molecule has 2 aromatic rings. The maximum Gasteiger partial charge on any atom is 0.341 e. The van der Waals surface area contributed by atoms with Crippen LogP contribution in [0.1, 0.15) is 53.0 Å². The first-order valence-electron chi connectivity index (χ1n) is 8.89. The van der Waals surface area contributed by atoms with E-state index >= 15 is 0 Å². The van der Waals surface area contributed by atoms with Crippen molar-refractivity contribution in [2.24, 2.45) is 0 Å². The van der Waals surface area contributed by atoms with Crippen molar-refractivity contribution in [3.05, 3.63) is 83.1 Å². The largest absolute Gasteiger partial charge is 0.515 e. The Labute approximate surface area is 163 Å². The molecule has 0 amide bonds. The highest BCUT2D eigenvalue weighted by Crippen LogP contribution is 2.18. The van der Waals surface area contributed by atoms with Crippen LogP contribution in [0.4, 0.5) is 0 Å². The third-order valence-corrected chi connectivity index (χ3v) is 3.94. The number of aliphatic hydroxyl groups excluding tert-OH is 1. The molecule has 0 radical (unpaired) electrons. The molecule has 2 rings (SSSR count). The highest BCUT2D eigenvalue weighted by Gasteiger charge is 2.24. The quantitative estimate of drug-likeness (QED) is 0.242. The molecule has 28 heavy (non-hydrogen) atoms. The van der Waals surface area contributed by atoms with Gasteiger partial charge in [0.2, 0.25) is 6.29 Å². The number of aliphatic hydroxyl groups is 1. The molecule has 0 aliphatic heterocycles. The van der Waals surface area contributed by atoms with E-state index < -0.39 is 18.2 Å². The number of carbonyl (C=O) groups excluding carboxylic acids is 3. The summed E-state index contributed by atoms with van der Waals surface area (Å²) in [4.78, 5) is 37.3. The van der Waals surface area contributed by atoms with Crippen molar-refractivity contribution < 1.29 is 29.0 Å². The molecule has 0 saturated heterocycles. The second-order valence-electron chi connectivity index (χ2n) is 6.08. The van der Waals surface area contributed by atoms with Gasteiger partial charge in [-0.3, -0.25) is 4.79 Å². The number of hydrogen-bond acceptors (Lipinski definition) is 6. The van der Waals surface area contributed by atoms with E-state index in [4.69, 9.17) is 14.6 Å². The number of ether oxygens (including phenoxy) is 2. The summed E-state index contributed by atoms with van der Waals surface area (Å²) in [5.74, 6) is -1.87. The summed E-state index contributed by atoms with van der Waals surface area (Å²) in [7, 11) is 0. The van der Waals surface area contributed by atoms with Gasteiger partial charge in [0.1, 0.15) is 0 Å². The highest BCUT2D eigenvalue weighted by molar-refractivity contribution is 6.14. The number of ketones is 1. The number of esters is 2. The first kappa shape index (κ1) is 20.9. The lowest BCUT2D eigenvalue weighted by atomic mass is 9.98. The fraction of sp³-hybridized carbons (Fsp3) is 0.227. The molecule has 1 atom stereocenters. The normalized spacial score (nSPS) is 12.1. The Morgan fingerprint density at radius 3 is 2.18 bits per heavy atom. The fourth-order valence-electron chi connectivity index (χ4n) is 2.43. The monoisotopic (exact) mass is 382 g/mol. The molecule has 6 nitrogen and oxygen atoms in total. The van der Waals surface area contributed by atoms with E-state index in [1.54, 1.807) is 48.5 Å². The Balaban J connectivity index is 2.23. The van der Waals surface area contributed by atoms with Gasteiger partial charge in [-0.15, -0.1) is 0 Å². The maximum absolute atomic E-state index is 12.8. The third kappa shape index (κ3) is 5.30. The van der Waals surface area contributed by atoms with Gasteiger partial charge in [-0.05, 0) is 19.4 Å². The number of hydrogen-bond donors (Lipinski definition) is 1. The maximum atomic E-state index is 12.8. The second kappa shape index (κ2) is 10.1. The van der Waals surface area contributed by atoms with Crippen LogP contribution >= 0.6 is 0 Å². The zero-order chi connectivity index (χ0) is 20.5. The van der Waals surface area contributed by atoms with Crippen LogP contribution in [-0.2, 0) is 14.3 Å². The van der Waals surface area contributed by atoms with E-state index in [1.807, 2.05) is 6.92 Å². The number of benzene rings is 2. The topological polar surface area (TPSA) is 89.9 Å². The van der Waals surface area contributed by atoms with Crippen molar-refractivity contribution in [3.63, 3.8) is 0 Å². The summed E-state index contributed by atoms with van der Waals surface area (Å²) in [6, 6.07) is 14.9. The van der Waals surface area contributed by atoms with Gasteiger partial charge >= 0.3 is 11.9 Å². The van der Waals surface area contributed by atoms with Crippen LogP contribution < -0.4 is 0 Å². The summed E-state index contributed by atoms with van der Waals surface area (Å²) in [6.45, 7) is 3.22. The first-order valence-corrected chi connectivity index (χ1v) is 8.89. The second-order valence-corrected chi connectivity index (χ2v) is 6.08. The van der Waals surface area contributed by atoms with Crippen LogP contribution in [0.5, 0.6) is 0 Å². The van der Waals surface area contributed by atoms with Crippen LogP contribution in [0.3, 0.4) is 0 Å². The standard InChI is InChI=1S/C22H22O6/c1-3-9-19(27-21(25)15(2)14-23)28-22(26)18-13-8-7-12-17(18)20(24)16-10-5-4-6-11-16/h4-8,10-14,19,23H,3,9H2,1-2H3/b15-14+. The lowest BCUT2D eigenvalue weighted by Gasteiger charge is -2.18. The lowest BCUT2D eigenvalue weighted by molar-refractivity contribution is -0.164. The molecule has 1 unspecified atom stereocenters. The van der Waals surface area contributed by atoms with Gasteiger partial charge in [-0.2, -0.15) is 0 Å². The zero-order valence-corrected chi connectivity index (χ0v) is 15.8. The van der Waals surface area contributed by atoms with Crippen LogP contribution in [0, 0.1) is 0 Å². The van der Waals surface area contributed by atoms with Crippen molar-refractivity contribution in [3.8, 4) is 0 Å². The van der Waals surface area contributed by atoms with Gasteiger partial charge in [0.05, 0.1) is 17.4 Å². The van der Waals surface area contributed by atoms with Crippen molar-refractivity contribution in [2.45, 2.75) is 33.0 Å². The van der Waals surface area contributed by atoms with Gasteiger partial charge in [0.25, 0.3) is 0 Å². The number of rotatable bonds is 8. The summed E-state index contributed by atoms with van der Waals surface area (Å²) in [5.41, 5.74) is 0.717. The molecule has 6 heteroatoms. The molecule has 0 spiro atoms. The van der Waals surface area contributed by atoms with Crippen LogP contribution in [-0.4, -0.2) is 29.1 Å². The molecule has 0 aromatic heterocycles. The first-order chi connectivity index (χ1) is 13.5. The Kier molecular flexibility index (Phi) is 7.51. The minimum atomic E-state index is -1.13. The van der Waals surface area contributed by atoms with E-state index in [-0.39, 0.29) is 28.9 Å². The van der Waals surface area contributed by atoms with E-state index in [0.29, 0.717) is 18.2 Å². The average Bonchev–Trinajstić information content (AvgIpc) is 2.73. The zero-order valence-electron chi connectivity index (χ0n) is 15.8. The number of carbonyl (C=O) groups is 3. The lowest BCUT2D eigenvalue weighted by Crippen LogP contribution is -2.26. The summed E-state index contributed by atoms with van der Waals surface area (Å²) in [5, 5.41) is 8.91. The van der Waals surface area contributed by atoms with Gasteiger partial charge in [-0.1, -0.05) is 55.5 Å². The Bertz CT molecular complexity index is 870. The van der Waals surface area contributed by atoms with Gasteiger partial charge in [0, 0.05) is 17.5 Å². The van der Waals surface area contributed by atoms with E-state index in [1.165, 1.54) is 13.0 Å². The van der Waals surface area contributed by atoms with Crippen LogP contribution in [0.15, 0.2) is 66.4 Å². The van der Waals surface area contributed by atoms with Crippen molar-refractivity contribution in [1.29, 1.82) is 0 Å². The van der Waals surface area contributed by atoms with E-state index in [0.717, 1.165) is 0 Å². The summed E-state index contributed by atoms with van der Waals surface area (Å²) in [6.07, 6.45) is 0.378. The van der Waals surface area contributed by atoms with Crippen LogP contribution in [0.25, 0.3) is 0 Å². The molecule has 2 aromatic carbocycles. The van der Waals surface area contributed by atoms with Crippen molar-refractivity contribution >= 4 is 17.7 Å². The van der Waals surface area contributed by atoms with E-state index in [2.05, 4.69) is 0 Å². The molecule has 0 aliphatic rings. The van der Waals surface area contributed by atoms with Crippen LogP contribution in [0.2, 0.25) is 0 Å². The van der Waals surface area contributed by atoms with Gasteiger partial charge < -0.3 is 14.6 Å². The molecule has 0 aliphatic carbocycles. The predicted octanol–water partition coefficient (Wildman–Crippen LogP) is 4.21. The van der Waals surface area contributed by atoms with Crippen molar-refractivity contribution in [2.75, 3.05) is 0 Å². The smallest absolute Gasteiger partial charge is 0.341 e. The molecular formula is C22H22O6. The molecule has 1 N–H and O–H groups in total.